The predicted octanol–water partition coefficient (Wildman–Crippen LogP) is 3.73. The fourth-order valence-corrected chi connectivity index (χ4v) is 1.83. The first-order chi connectivity index (χ1) is 9.54. The third-order valence-corrected chi connectivity index (χ3v) is 2.79. The minimum atomic E-state index is -1.50. The van der Waals surface area contributed by atoms with E-state index in [0.29, 0.717) is 17.9 Å². The molecule has 104 valence electrons. The number of hydrogen-bond acceptors (Lipinski definition) is 2. The molecule has 0 saturated carbocycles. The van der Waals surface area contributed by atoms with Crippen LogP contribution in [0.5, 0.6) is 5.75 Å². The summed E-state index contributed by atoms with van der Waals surface area (Å²) in [6, 6.07) is 8.75. The Hall–Kier alpha value is -2.43. The van der Waals surface area contributed by atoms with E-state index in [1.54, 1.807) is 24.3 Å². The second kappa shape index (κ2) is 5.69. The Morgan fingerprint density at radius 3 is 2.30 bits per heavy atom. The zero-order chi connectivity index (χ0) is 14.7. The van der Waals surface area contributed by atoms with Crippen molar-refractivity contribution in [2.75, 3.05) is 6.61 Å². The number of carboxylic acid groups (broad SMARTS) is 1. The molecule has 0 bridgehead atoms. The average molecular weight is 278 g/mol. The van der Waals surface area contributed by atoms with Crippen LogP contribution in [-0.2, 0) is 0 Å². The highest BCUT2D eigenvalue weighted by Crippen LogP contribution is 2.28. The standard InChI is InChI=1S/C15H12F2O3/c1-2-20-10-5-3-9(4-6-10)11-7-8-12(15(18)19)14(17)13(11)16/h3-8H,2H2,1H3,(H,18,19). The van der Waals surface area contributed by atoms with Crippen LogP contribution < -0.4 is 4.74 Å². The molecule has 0 aliphatic heterocycles. The fraction of sp³-hybridized carbons (Fsp3) is 0.133. The average Bonchev–Trinajstić information content (AvgIpc) is 2.43. The van der Waals surface area contributed by atoms with Gasteiger partial charge in [0.15, 0.2) is 11.6 Å². The van der Waals surface area contributed by atoms with Crippen LogP contribution in [0, 0.1) is 11.6 Å². The lowest BCUT2D eigenvalue weighted by molar-refractivity contribution is 0.0690. The molecule has 2 rings (SSSR count). The summed E-state index contributed by atoms with van der Waals surface area (Å²) in [4.78, 5) is 10.7. The second-order valence-corrected chi connectivity index (χ2v) is 4.05. The molecule has 2 aromatic carbocycles. The Balaban J connectivity index is 2.43. The third-order valence-electron chi connectivity index (χ3n) is 2.79. The maximum Gasteiger partial charge on any atom is 0.338 e. The molecule has 0 spiro atoms. The molecule has 0 aliphatic rings. The lowest BCUT2D eigenvalue weighted by atomic mass is 10.0. The lowest BCUT2D eigenvalue weighted by Crippen LogP contribution is -2.03. The molecule has 0 aromatic heterocycles. The number of halogens is 2. The van der Waals surface area contributed by atoms with E-state index in [0.717, 1.165) is 6.07 Å². The van der Waals surface area contributed by atoms with Crippen LogP contribution in [0.4, 0.5) is 8.78 Å². The van der Waals surface area contributed by atoms with Gasteiger partial charge in [0.1, 0.15) is 5.75 Å². The molecule has 0 unspecified atom stereocenters. The van der Waals surface area contributed by atoms with Gasteiger partial charge in [0, 0.05) is 5.56 Å². The van der Waals surface area contributed by atoms with Crippen molar-refractivity contribution in [1.29, 1.82) is 0 Å². The van der Waals surface area contributed by atoms with Crippen molar-refractivity contribution >= 4 is 5.97 Å². The molecule has 2 aromatic rings. The summed E-state index contributed by atoms with van der Waals surface area (Å²) in [5.74, 6) is -3.41. The van der Waals surface area contributed by atoms with Gasteiger partial charge in [-0.3, -0.25) is 0 Å². The highest BCUT2D eigenvalue weighted by molar-refractivity contribution is 5.88. The number of benzene rings is 2. The van der Waals surface area contributed by atoms with Crippen molar-refractivity contribution in [1.82, 2.24) is 0 Å². The first-order valence-corrected chi connectivity index (χ1v) is 5.99. The highest BCUT2D eigenvalue weighted by atomic mass is 19.2. The van der Waals surface area contributed by atoms with E-state index in [4.69, 9.17) is 9.84 Å². The van der Waals surface area contributed by atoms with Crippen LogP contribution >= 0.6 is 0 Å². The van der Waals surface area contributed by atoms with Gasteiger partial charge in [-0.05, 0) is 30.7 Å². The molecular formula is C15H12F2O3. The zero-order valence-electron chi connectivity index (χ0n) is 10.7. The summed E-state index contributed by atoms with van der Waals surface area (Å²) >= 11 is 0. The van der Waals surface area contributed by atoms with Gasteiger partial charge in [-0.25, -0.2) is 13.6 Å². The van der Waals surface area contributed by atoms with E-state index < -0.39 is 23.2 Å². The largest absolute Gasteiger partial charge is 0.494 e. The number of rotatable bonds is 4. The van der Waals surface area contributed by atoms with E-state index in [2.05, 4.69) is 0 Å². The molecule has 1 N–H and O–H groups in total. The number of aromatic carboxylic acids is 1. The summed E-state index contributed by atoms with van der Waals surface area (Å²) in [6.07, 6.45) is 0. The highest BCUT2D eigenvalue weighted by Gasteiger charge is 2.18. The summed E-state index contributed by atoms with van der Waals surface area (Å²) in [5.41, 5.74) is -0.227. The minimum Gasteiger partial charge on any atom is -0.494 e. The number of carboxylic acids is 1. The first-order valence-electron chi connectivity index (χ1n) is 5.99. The fourth-order valence-electron chi connectivity index (χ4n) is 1.83. The van der Waals surface area contributed by atoms with Crippen molar-refractivity contribution in [3.05, 3.63) is 53.6 Å². The number of ether oxygens (including phenoxy) is 1. The Kier molecular flexibility index (Phi) is 3.98. The van der Waals surface area contributed by atoms with E-state index in [9.17, 15) is 13.6 Å². The number of carbonyl (C=O) groups is 1. The van der Waals surface area contributed by atoms with Crippen molar-refractivity contribution in [2.45, 2.75) is 6.92 Å². The quantitative estimate of drug-likeness (QED) is 0.927. The summed E-state index contributed by atoms with van der Waals surface area (Å²) in [6.45, 7) is 2.35. The van der Waals surface area contributed by atoms with E-state index in [1.165, 1.54) is 6.07 Å². The zero-order valence-corrected chi connectivity index (χ0v) is 10.7. The molecule has 20 heavy (non-hydrogen) atoms. The predicted molar refractivity (Wildman–Crippen MR) is 69.9 cm³/mol. The van der Waals surface area contributed by atoms with Crippen LogP contribution in [0.2, 0.25) is 0 Å². The molecule has 0 radical (unpaired) electrons. The van der Waals surface area contributed by atoms with Gasteiger partial charge >= 0.3 is 5.97 Å². The van der Waals surface area contributed by atoms with Gasteiger partial charge in [-0.2, -0.15) is 0 Å². The van der Waals surface area contributed by atoms with E-state index >= 15 is 0 Å². The van der Waals surface area contributed by atoms with Gasteiger partial charge in [0.25, 0.3) is 0 Å². The smallest absolute Gasteiger partial charge is 0.338 e. The number of hydrogen-bond donors (Lipinski definition) is 1. The maximum atomic E-state index is 13.9. The van der Waals surface area contributed by atoms with Crippen LogP contribution in [-0.4, -0.2) is 17.7 Å². The molecule has 0 aliphatic carbocycles. The Labute approximate surface area is 114 Å². The monoisotopic (exact) mass is 278 g/mol. The molecule has 5 heteroatoms. The van der Waals surface area contributed by atoms with Gasteiger partial charge in [0.2, 0.25) is 0 Å². The van der Waals surface area contributed by atoms with E-state index in [-0.39, 0.29) is 5.56 Å². The van der Waals surface area contributed by atoms with Crippen LogP contribution in [0.15, 0.2) is 36.4 Å². The van der Waals surface area contributed by atoms with Crippen molar-refractivity contribution < 1.29 is 23.4 Å². The molecular weight excluding hydrogens is 266 g/mol. The van der Waals surface area contributed by atoms with Gasteiger partial charge in [-0.15, -0.1) is 0 Å². The molecule has 0 atom stereocenters. The minimum absolute atomic E-state index is 0.00977. The Morgan fingerprint density at radius 2 is 1.75 bits per heavy atom. The van der Waals surface area contributed by atoms with Crippen LogP contribution in [0.25, 0.3) is 11.1 Å². The Morgan fingerprint density at radius 1 is 1.10 bits per heavy atom. The Bertz CT molecular complexity index is 636. The summed E-state index contributed by atoms with van der Waals surface area (Å²) in [7, 11) is 0. The van der Waals surface area contributed by atoms with Gasteiger partial charge < -0.3 is 9.84 Å². The summed E-state index contributed by atoms with van der Waals surface area (Å²) in [5, 5.41) is 8.72. The van der Waals surface area contributed by atoms with Crippen LogP contribution in [0.1, 0.15) is 17.3 Å². The maximum absolute atomic E-state index is 13.9. The van der Waals surface area contributed by atoms with Gasteiger partial charge in [-0.1, -0.05) is 18.2 Å². The normalized spacial score (nSPS) is 10.3. The van der Waals surface area contributed by atoms with Crippen molar-refractivity contribution in [3.8, 4) is 16.9 Å². The SMILES string of the molecule is CCOc1ccc(-c2ccc(C(=O)O)c(F)c2F)cc1. The summed E-state index contributed by atoms with van der Waals surface area (Å²) < 4.78 is 32.8. The molecule has 0 heterocycles. The topological polar surface area (TPSA) is 46.5 Å². The lowest BCUT2D eigenvalue weighted by Gasteiger charge is -2.08. The third kappa shape index (κ3) is 2.61. The van der Waals surface area contributed by atoms with Crippen molar-refractivity contribution in [3.63, 3.8) is 0 Å². The van der Waals surface area contributed by atoms with Crippen molar-refractivity contribution in [2.24, 2.45) is 0 Å². The second-order valence-electron chi connectivity index (χ2n) is 4.05. The van der Waals surface area contributed by atoms with Crippen LogP contribution in [0.3, 0.4) is 0 Å². The molecule has 0 fully saturated rings. The van der Waals surface area contributed by atoms with E-state index in [1.807, 2.05) is 6.92 Å². The van der Waals surface area contributed by atoms with Gasteiger partial charge in [0.05, 0.1) is 12.2 Å². The molecule has 3 nitrogen and oxygen atoms in total. The molecule has 0 saturated heterocycles. The first kappa shape index (κ1) is 14.0. The molecule has 0 amide bonds.